The number of anilines is 1. The van der Waals surface area contributed by atoms with Crippen molar-refractivity contribution >= 4 is 32.5 Å². The summed E-state index contributed by atoms with van der Waals surface area (Å²) in [4.78, 5) is 12.0. The van der Waals surface area contributed by atoms with Crippen molar-refractivity contribution in [2.45, 2.75) is 4.90 Å². The zero-order valence-corrected chi connectivity index (χ0v) is 12.7. The number of nitrogens with one attached hydrogen (secondary N) is 1. The molecule has 3 aromatic rings. The van der Waals surface area contributed by atoms with E-state index in [1.54, 1.807) is 48.5 Å². The molecule has 3 rings (SSSR count). The van der Waals surface area contributed by atoms with Crippen LogP contribution in [0.25, 0.3) is 10.8 Å². The molecule has 116 valence electrons. The second-order valence-electron chi connectivity index (χ2n) is 4.98. The number of fused-ring (bicyclic) bond motifs is 1. The van der Waals surface area contributed by atoms with Gasteiger partial charge in [-0.1, -0.05) is 36.4 Å². The fraction of sp³-hybridized carbons (Fsp3) is 0. The Bertz CT molecular complexity index is 982. The number of hydrogen-bond donors (Lipinski definition) is 2. The minimum Gasteiger partial charge on any atom is -0.321 e. The molecule has 23 heavy (non-hydrogen) atoms. The van der Waals surface area contributed by atoms with E-state index in [1.165, 1.54) is 12.1 Å². The number of hydrogen-bond acceptors (Lipinski definition) is 3. The third-order valence-corrected chi connectivity index (χ3v) is 4.29. The Morgan fingerprint density at radius 3 is 2.35 bits per heavy atom. The molecule has 0 aliphatic heterocycles. The van der Waals surface area contributed by atoms with Crippen LogP contribution in [0.1, 0.15) is 10.4 Å². The van der Waals surface area contributed by atoms with Gasteiger partial charge in [-0.25, -0.2) is 0 Å². The minimum absolute atomic E-state index is 0.216. The number of carbonyl (C=O) groups excluding carboxylic acids is 1. The van der Waals surface area contributed by atoms with Gasteiger partial charge in [-0.3, -0.25) is 9.35 Å². The summed E-state index contributed by atoms with van der Waals surface area (Å²) in [7, 11) is -4.30. The van der Waals surface area contributed by atoms with Crippen LogP contribution in [-0.4, -0.2) is 18.9 Å². The molecular weight excluding hydrogens is 314 g/mol. The van der Waals surface area contributed by atoms with E-state index in [0.29, 0.717) is 16.6 Å². The van der Waals surface area contributed by atoms with Crippen molar-refractivity contribution in [3.05, 3.63) is 72.3 Å². The van der Waals surface area contributed by atoms with E-state index in [4.69, 9.17) is 0 Å². The highest BCUT2D eigenvalue weighted by atomic mass is 32.2. The van der Waals surface area contributed by atoms with Gasteiger partial charge in [0.05, 0.1) is 4.90 Å². The van der Waals surface area contributed by atoms with Gasteiger partial charge in [0.25, 0.3) is 16.0 Å². The summed E-state index contributed by atoms with van der Waals surface area (Å²) >= 11 is 0. The Balaban J connectivity index is 2.05. The first-order valence-electron chi connectivity index (χ1n) is 6.82. The van der Waals surface area contributed by atoms with Gasteiger partial charge in [-0.05, 0) is 35.7 Å². The van der Waals surface area contributed by atoms with E-state index in [9.17, 15) is 17.8 Å². The minimum atomic E-state index is -4.30. The topological polar surface area (TPSA) is 83.5 Å². The predicted octanol–water partition coefficient (Wildman–Crippen LogP) is 3.34. The Kier molecular flexibility index (Phi) is 3.85. The quantitative estimate of drug-likeness (QED) is 0.723. The van der Waals surface area contributed by atoms with E-state index in [-0.39, 0.29) is 10.8 Å². The van der Waals surface area contributed by atoms with Crippen molar-refractivity contribution in [3.8, 4) is 0 Å². The van der Waals surface area contributed by atoms with Gasteiger partial charge >= 0.3 is 0 Å². The highest BCUT2D eigenvalue weighted by Gasteiger charge is 2.13. The molecule has 0 radical (unpaired) electrons. The molecule has 0 unspecified atom stereocenters. The Hall–Kier alpha value is -2.70. The predicted molar refractivity (Wildman–Crippen MR) is 88.2 cm³/mol. The van der Waals surface area contributed by atoms with Crippen molar-refractivity contribution in [1.29, 1.82) is 0 Å². The largest absolute Gasteiger partial charge is 0.321 e. The fourth-order valence-corrected chi connectivity index (χ4v) is 2.81. The summed E-state index contributed by atoms with van der Waals surface area (Å²) in [6, 6.07) is 18.2. The molecule has 2 N–H and O–H groups in total. The second kappa shape index (κ2) is 5.83. The van der Waals surface area contributed by atoms with Crippen LogP contribution >= 0.6 is 0 Å². The van der Waals surface area contributed by atoms with Crippen molar-refractivity contribution in [2.75, 3.05) is 5.32 Å². The third kappa shape index (κ3) is 3.23. The zero-order chi connectivity index (χ0) is 16.4. The molecule has 3 aromatic carbocycles. The van der Waals surface area contributed by atoms with Gasteiger partial charge < -0.3 is 5.32 Å². The number of carbonyl (C=O) groups is 1. The average molecular weight is 327 g/mol. The molecule has 1 amide bonds. The maximum atomic E-state index is 12.3. The van der Waals surface area contributed by atoms with Gasteiger partial charge in [-0.15, -0.1) is 0 Å². The third-order valence-electron chi connectivity index (χ3n) is 3.44. The summed E-state index contributed by atoms with van der Waals surface area (Å²) in [5.74, 6) is -0.296. The fourth-order valence-electron chi connectivity index (χ4n) is 2.31. The van der Waals surface area contributed by atoms with Crippen molar-refractivity contribution in [2.24, 2.45) is 0 Å². The normalized spacial score (nSPS) is 11.3. The van der Waals surface area contributed by atoms with Gasteiger partial charge in [0.2, 0.25) is 0 Å². The monoisotopic (exact) mass is 327 g/mol. The first-order valence-corrected chi connectivity index (χ1v) is 8.26. The molecule has 0 aromatic heterocycles. The van der Waals surface area contributed by atoms with Gasteiger partial charge in [0, 0.05) is 16.6 Å². The van der Waals surface area contributed by atoms with Crippen LogP contribution in [0.4, 0.5) is 5.69 Å². The molecule has 0 fully saturated rings. The molecule has 0 spiro atoms. The lowest BCUT2D eigenvalue weighted by atomic mass is 10.1. The highest BCUT2D eigenvalue weighted by Crippen LogP contribution is 2.26. The van der Waals surface area contributed by atoms with Crippen LogP contribution in [0.5, 0.6) is 0 Å². The maximum Gasteiger partial charge on any atom is 0.294 e. The standard InChI is InChI=1S/C17H13NO4S/c19-17(13-5-2-1-3-6-13)18-16-8-4-7-12-9-10-14(11-15(12)16)23(20,21)22/h1-11H,(H,18,19)(H,20,21,22). The Labute approximate surface area is 133 Å². The molecule has 6 heteroatoms. The summed E-state index contributed by atoms with van der Waals surface area (Å²) in [6.45, 7) is 0. The first kappa shape index (κ1) is 15.2. The molecule has 5 nitrogen and oxygen atoms in total. The number of rotatable bonds is 3. The maximum absolute atomic E-state index is 12.3. The van der Waals surface area contributed by atoms with Crippen LogP contribution < -0.4 is 5.32 Å². The summed E-state index contributed by atoms with van der Waals surface area (Å²) in [5, 5.41) is 4.05. The highest BCUT2D eigenvalue weighted by molar-refractivity contribution is 7.85. The zero-order valence-electron chi connectivity index (χ0n) is 11.9. The lowest BCUT2D eigenvalue weighted by molar-refractivity contribution is 0.102. The lowest BCUT2D eigenvalue weighted by Crippen LogP contribution is -2.12. The van der Waals surface area contributed by atoms with Crippen LogP contribution in [-0.2, 0) is 10.1 Å². The summed E-state index contributed by atoms with van der Waals surface area (Å²) < 4.78 is 31.8. The van der Waals surface area contributed by atoms with Crippen molar-refractivity contribution < 1.29 is 17.8 Å². The van der Waals surface area contributed by atoms with Gasteiger partial charge in [-0.2, -0.15) is 8.42 Å². The van der Waals surface area contributed by atoms with Crippen molar-refractivity contribution in [1.82, 2.24) is 0 Å². The lowest BCUT2D eigenvalue weighted by Gasteiger charge is -2.10. The van der Waals surface area contributed by atoms with Gasteiger partial charge in [0.15, 0.2) is 0 Å². The molecule has 0 saturated carbocycles. The summed E-state index contributed by atoms with van der Waals surface area (Å²) in [5.41, 5.74) is 0.970. The first-order chi connectivity index (χ1) is 10.9. The number of benzene rings is 3. The SMILES string of the molecule is O=C(Nc1cccc2ccc(S(=O)(=O)O)cc12)c1ccccc1. The van der Waals surface area contributed by atoms with Crippen LogP contribution in [0.15, 0.2) is 71.6 Å². The average Bonchev–Trinajstić information content (AvgIpc) is 2.54. The van der Waals surface area contributed by atoms with E-state index < -0.39 is 10.1 Å². The molecule has 0 atom stereocenters. The molecule has 0 aliphatic carbocycles. The molecular formula is C17H13NO4S. The Morgan fingerprint density at radius 2 is 1.65 bits per heavy atom. The van der Waals surface area contributed by atoms with Gasteiger partial charge in [0.1, 0.15) is 0 Å². The summed E-state index contributed by atoms with van der Waals surface area (Å²) in [6.07, 6.45) is 0. The second-order valence-corrected chi connectivity index (χ2v) is 6.41. The molecule has 0 bridgehead atoms. The van der Waals surface area contributed by atoms with Crippen molar-refractivity contribution in [3.63, 3.8) is 0 Å². The van der Waals surface area contributed by atoms with Crippen LogP contribution in [0.3, 0.4) is 0 Å². The van der Waals surface area contributed by atoms with E-state index in [2.05, 4.69) is 5.32 Å². The molecule has 0 aliphatic rings. The number of amides is 1. The van der Waals surface area contributed by atoms with E-state index in [1.807, 2.05) is 6.07 Å². The molecule has 0 saturated heterocycles. The molecule has 0 heterocycles. The Morgan fingerprint density at radius 1 is 0.913 bits per heavy atom. The van der Waals surface area contributed by atoms with E-state index in [0.717, 1.165) is 5.39 Å². The van der Waals surface area contributed by atoms with Crippen LogP contribution in [0, 0.1) is 0 Å². The smallest absolute Gasteiger partial charge is 0.294 e. The van der Waals surface area contributed by atoms with E-state index >= 15 is 0 Å². The van der Waals surface area contributed by atoms with Crippen LogP contribution in [0.2, 0.25) is 0 Å².